The normalized spacial score (nSPS) is 12.5. The van der Waals surface area contributed by atoms with Crippen LogP contribution in [0.5, 0.6) is 0 Å². The Bertz CT molecular complexity index is 3080. The molecule has 1 atom stereocenters. The molecular formula is C51H41N3O. The number of hydrogen-bond acceptors (Lipinski definition) is 2. The van der Waals surface area contributed by atoms with Gasteiger partial charge >= 0.3 is 0 Å². The molecule has 4 heteroatoms. The van der Waals surface area contributed by atoms with Gasteiger partial charge in [-0.2, -0.15) is 5.26 Å². The molecule has 7 aromatic carbocycles. The zero-order valence-electron chi connectivity index (χ0n) is 31.2. The minimum absolute atomic E-state index is 0.646. The van der Waals surface area contributed by atoms with Crippen molar-refractivity contribution in [2.75, 3.05) is 0 Å². The number of hydrogen-bond donors (Lipinski definition) is 0. The quantitative estimate of drug-likeness (QED) is 0.150. The SMILES string of the molecule is CCCCC(CC)Cc1cc(-c2ccc3oc4ccc(-n5c6ccccc6c6cc(C#N)ccc65)cc4c3c2)cc(-n2c3ccccc3c3ccccc32)c1. The summed E-state index contributed by atoms with van der Waals surface area (Å²) in [6, 6.07) is 54.7. The third-order valence-electron chi connectivity index (χ3n) is 11.7. The van der Waals surface area contributed by atoms with E-state index in [0.29, 0.717) is 11.5 Å². The molecule has 0 saturated carbocycles. The van der Waals surface area contributed by atoms with Crippen molar-refractivity contribution in [3.05, 3.63) is 157 Å². The van der Waals surface area contributed by atoms with Gasteiger partial charge in [-0.25, -0.2) is 0 Å². The smallest absolute Gasteiger partial charge is 0.135 e. The van der Waals surface area contributed by atoms with E-state index in [2.05, 4.69) is 163 Å². The molecule has 0 aliphatic carbocycles. The van der Waals surface area contributed by atoms with Crippen molar-refractivity contribution in [3.63, 3.8) is 0 Å². The summed E-state index contributed by atoms with van der Waals surface area (Å²) in [4.78, 5) is 0. The molecule has 0 saturated heterocycles. The van der Waals surface area contributed by atoms with Gasteiger partial charge in [0, 0.05) is 43.7 Å². The Balaban J connectivity index is 1.15. The number of rotatable bonds is 9. The van der Waals surface area contributed by atoms with E-state index < -0.39 is 0 Å². The average Bonchev–Trinajstić information content (AvgIpc) is 3.89. The molecule has 0 aliphatic heterocycles. The van der Waals surface area contributed by atoms with E-state index in [1.54, 1.807) is 0 Å². The highest BCUT2D eigenvalue weighted by molar-refractivity contribution is 6.12. The fourth-order valence-electron chi connectivity index (χ4n) is 8.97. The van der Waals surface area contributed by atoms with Crippen molar-refractivity contribution in [1.29, 1.82) is 5.26 Å². The summed E-state index contributed by atoms with van der Waals surface area (Å²) in [5, 5.41) is 16.6. The molecule has 10 aromatic rings. The predicted molar refractivity (Wildman–Crippen MR) is 230 cm³/mol. The number of furan rings is 1. The molecule has 0 spiro atoms. The van der Waals surface area contributed by atoms with Gasteiger partial charge in [0.25, 0.3) is 0 Å². The molecule has 3 heterocycles. The first-order valence-electron chi connectivity index (χ1n) is 19.6. The number of para-hydroxylation sites is 3. The van der Waals surface area contributed by atoms with Crippen LogP contribution in [-0.4, -0.2) is 9.13 Å². The zero-order valence-corrected chi connectivity index (χ0v) is 31.2. The molecule has 10 rings (SSSR count). The van der Waals surface area contributed by atoms with Gasteiger partial charge in [-0.15, -0.1) is 0 Å². The van der Waals surface area contributed by atoms with Gasteiger partial charge in [-0.05, 0) is 108 Å². The van der Waals surface area contributed by atoms with Crippen molar-refractivity contribution in [2.24, 2.45) is 5.92 Å². The molecule has 0 N–H and O–H groups in total. The summed E-state index contributed by atoms with van der Waals surface area (Å²) in [7, 11) is 0. The number of nitriles is 1. The molecular weight excluding hydrogens is 671 g/mol. The Morgan fingerprint density at radius 1 is 0.545 bits per heavy atom. The molecule has 266 valence electrons. The Morgan fingerprint density at radius 3 is 1.84 bits per heavy atom. The Kier molecular flexibility index (Phi) is 8.03. The van der Waals surface area contributed by atoms with Crippen molar-refractivity contribution < 1.29 is 4.42 Å². The number of unbranched alkanes of at least 4 members (excludes halogenated alkanes) is 1. The van der Waals surface area contributed by atoms with Crippen molar-refractivity contribution in [1.82, 2.24) is 9.13 Å². The second kappa shape index (κ2) is 13.4. The van der Waals surface area contributed by atoms with E-state index in [1.165, 1.54) is 69.9 Å². The minimum atomic E-state index is 0.646. The molecule has 0 fully saturated rings. The van der Waals surface area contributed by atoms with Gasteiger partial charge < -0.3 is 13.6 Å². The highest BCUT2D eigenvalue weighted by Gasteiger charge is 2.18. The van der Waals surface area contributed by atoms with Gasteiger partial charge in [-0.1, -0.05) is 106 Å². The topological polar surface area (TPSA) is 46.8 Å². The molecule has 3 aromatic heterocycles. The van der Waals surface area contributed by atoms with Crippen LogP contribution < -0.4 is 0 Å². The number of fused-ring (bicyclic) bond motifs is 9. The van der Waals surface area contributed by atoms with Crippen LogP contribution in [0.15, 0.2) is 150 Å². The highest BCUT2D eigenvalue weighted by Crippen LogP contribution is 2.39. The van der Waals surface area contributed by atoms with Crippen molar-refractivity contribution in [2.45, 2.75) is 46.0 Å². The minimum Gasteiger partial charge on any atom is -0.456 e. The second-order valence-corrected chi connectivity index (χ2v) is 15.1. The van der Waals surface area contributed by atoms with Gasteiger partial charge in [0.15, 0.2) is 0 Å². The summed E-state index contributed by atoms with van der Waals surface area (Å²) in [6.45, 7) is 4.63. The van der Waals surface area contributed by atoms with E-state index in [0.717, 1.165) is 55.9 Å². The first kappa shape index (κ1) is 33.0. The summed E-state index contributed by atoms with van der Waals surface area (Å²) < 4.78 is 11.2. The molecule has 0 aliphatic rings. The number of nitrogens with zero attached hydrogens (tertiary/aromatic N) is 3. The third-order valence-corrected chi connectivity index (χ3v) is 11.7. The van der Waals surface area contributed by atoms with Crippen LogP contribution >= 0.6 is 0 Å². The van der Waals surface area contributed by atoms with E-state index in [4.69, 9.17) is 4.42 Å². The van der Waals surface area contributed by atoms with E-state index in [1.807, 2.05) is 12.1 Å². The van der Waals surface area contributed by atoms with Gasteiger partial charge in [0.05, 0.1) is 33.7 Å². The second-order valence-electron chi connectivity index (χ2n) is 15.1. The van der Waals surface area contributed by atoms with Crippen LogP contribution in [0.3, 0.4) is 0 Å². The van der Waals surface area contributed by atoms with Gasteiger partial charge in [-0.3, -0.25) is 0 Å². The first-order chi connectivity index (χ1) is 27.1. The zero-order chi connectivity index (χ0) is 37.0. The number of benzene rings is 7. The van der Waals surface area contributed by atoms with E-state index >= 15 is 0 Å². The molecule has 1 unspecified atom stereocenters. The van der Waals surface area contributed by atoms with Crippen molar-refractivity contribution >= 4 is 65.6 Å². The Hall–Kier alpha value is -6.57. The fourth-order valence-corrected chi connectivity index (χ4v) is 8.97. The average molecular weight is 712 g/mol. The van der Waals surface area contributed by atoms with Crippen LogP contribution in [0.25, 0.3) is 88.1 Å². The largest absolute Gasteiger partial charge is 0.456 e. The lowest BCUT2D eigenvalue weighted by atomic mass is 9.90. The maximum atomic E-state index is 9.67. The number of aromatic nitrogens is 2. The van der Waals surface area contributed by atoms with Crippen LogP contribution in [0.2, 0.25) is 0 Å². The maximum Gasteiger partial charge on any atom is 0.135 e. The Morgan fingerprint density at radius 2 is 1.16 bits per heavy atom. The van der Waals surface area contributed by atoms with Crippen LogP contribution in [0.1, 0.15) is 50.7 Å². The molecule has 0 radical (unpaired) electrons. The van der Waals surface area contributed by atoms with Gasteiger partial charge in [0.1, 0.15) is 11.2 Å². The Labute approximate surface area is 320 Å². The highest BCUT2D eigenvalue weighted by atomic mass is 16.3. The molecule has 0 amide bonds. The maximum absolute atomic E-state index is 9.67. The van der Waals surface area contributed by atoms with E-state index in [-0.39, 0.29) is 0 Å². The van der Waals surface area contributed by atoms with Crippen LogP contribution in [0.4, 0.5) is 0 Å². The lowest BCUT2D eigenvalue weighted by Gasteiger charge is -2.18. The van der Waals surface area contributed by atoms with Crippen LogP contribution in [-0.2, 0) is 6.42 Å². The van der Waals surface area contributed by atoms with E-state index in [9.17, 15) is 5.26 Å². The lowest BCUT2D eigenvalue weighted by Crippen LogP contribution is -2.05. The standard InChI is InChI=1S/C51H41N3O/c1-3-5-12-33(4-2)25-35-26-37(29-39(27-35)54-46-16-9-6-13-40(46)41-14-7-10-17-47(41)54)36-20-23-50-44(30-36)45-31-38(21-24-51(45)55-50)53-48-18-11-8-15-42(48)43-28-34(32-52)19-22-49(43)53/h6-11,13-24,26-31,33H,3-5,12,25H2,1-2H3. The first-order valence-corrected chi connectivity index (χ1v) is 19.6. The molecule has 0 bridgehead atoms. The lowest BCUT2D eigenvalue weighted by molar-refractivity contribution is 0.449. The third kappa shape index (κ3) is 5.50. The fraction of sp³-hybridized carbons (Fsp3) is 0.157. The van der Waals surface area contributed by atoms with Gasteiger partial charge in [0.2, 0.25) is 0 Å². The predicted octanol–water partition coefficient (Wildman–Crippen LogP) is 14.1. The summed E-state index contributed by atoms with van der Waals surface area (Å²) in [5.41, 5.74) is 13.1. The van der Waals surface area contributed by atoms with Crippen molar-refractivity contribution in [3.8, 4) is 28.6 Å². The van der Waals surface area contributed by atoms with Crippen LogP contribution in [0, 0.1) is 17.2 Å². The molecule has 4 nitrogen and oxygen atoms in total. The summed E-state index contributed by atoms with van der Waals surface area (Å²) in [6.07, 6.45) is 5.98. The summed E-state index contributed by atoms with van der Waals surface area (Å²) in [5.74, 6) is 0.646. The molecule has 55 heavy (non-hydrogen) atoms. The summed E-state index contributed by atoms with van der Waals surface area (Å²) >= 11 is 0. The monoisotopic (exact) mass is 711 g/mol.